The van der Waals surface area contributed by atoms with Crippen LogP contribution >= 0.6 is 11.6 Å². The third-order valence-corrected chi connectivity index (χ3v) is 2.64. The molecule has 0 saturated carbocycles. The van der Waals surface area contributed by atoms with E-state index in [1.165, 1.54) is 0 Å². The number of nitrogens with two attached hydrogens (primary N) is 1. The summed E-state index contributed by atoms with van der Waals surface area (Å²) in [7, 11) is 0. The highest BCUT2D eigenvalue weighted by molar-refractivity contribution is 6.30. The SMILES string of the molecule is N#CC1=C(N)CN(c2cccc(Cl)c2)C1. The molecular weight excluding hydrogens is 210 g/mol. The quantitative estimate of drug-likeness (QED) is 0.785. The zero-order valence-corrected chi connectivity index (χ0v) is 8.83. The monoisotopic (exact) mass is 219 g/mol. The number of hydrogen-bond acceptors (Lipinski definition) is 3. The summed E-state index contributed by atoms with van der Waals surface area (Å²) in [6, 6.07) is 9.65. The lowest BCUT2D eigenvalue weighted by molar-refractivity contribution is 0.975. The van der Waals surface area contributed by atoms with E-state index in [9.17, 15) is 0 Å². The maximum atomic E-state index is 8.82. The first-order valence-corrected chi connectivity index (χ1v) is 4.96. The fraction of sp³-hybridized carbons (Fsp3) is 0.182. The third-order valence-electron chi connectivity index (χ3n) is 2.41. The Morgan fingerprint density at radius 3 is 2.80 bits per heavy atom. The molecular formula is C11H10ClN3. The van der Waals surface area contributed by atoms with Crippen molar-refractivity contribution in [2.75, 3.05) is 18.0 Å². The lowest BCUT2D eigenvalue weighted by Gasteiger charge is -2.18. The standard InChI is InChI=1S/C11H10ClN3/c12-9-2-1-3-10(4-9)15-6-8(5-13)11(14)7-15/h1-4H,6-7,14H2. The number of anilines is 1. The highest BCUT2D eigenvalue weighted by atomic mass is 35.5. The summed E-state index contributed by atoms with van der Waals surface area (Å²) >= 11 is 5.89. The second kappa shape index (κ2) is 3.84. The van der Waals surface area contributed by atoms with Gasteiger partial charge in [-0.15, -0.1) is 0 Å². The van der Waals surface area contributed by atoms with E-state index in [2.05, 4.69) is 6.07 Å². The molecule has 1 aromatic rings. The van der Waals surface area contributed by atoms with Gasteiger partial charge in [0.15, 0.2) is 0 Å². The normalized spacial score (nSPS) is 15.6. The van der Waals surface area contributed by atoms with Gasteiger partial charge in [-0.3, -0.25) is 0 Å². The Morgan fingerprint density at radius 1 is 1.40 bits per heavy atom. The zero-order chi connectivity index (χ0) is 10.8. The van der Waals surface area contributed by atoms with Gasteiger partial charge in [0.2, 0.25) is 0 Å². The molecule has 1 aliphatic heterocycles. The van der Waals surface area contributed by atoms with Crippen LogP contribution in [0, 0.1) is 11.3 Å². The van der Waals surface area contributed by atoms with Gasteiger partial charge in [-0.05, 0) is 18.2 Å². The van der Waals surface area contributed by atoms with Crippen molar-refractivity contribution in [3.05, 3.63) is 40.6 Å². The minimum Gasteiger partial charge on any atom is -0.400 e. The fourth-order valence-corrected chi connectivity index (χ4v) is 1.80. The van der Waals surface area contributed by atoms with Gasteiger partial charge in [0.25, 0.3) is 0 Å². The van der Waals surface area contributed by atoms with Gasteiger partial charge in [0, 0.05) is 16.4 Å². The first-order valence-electron chi connectivity index (χ1n) is 4.59. The van der Waals surface area contributed by atoms with Gasteiger partial charge in [0.05, 0.1) is 24.7 Å². The molecule has 0 amide bonds. The predicted octanol–water partition coefficient (Wildman–Crippen LogP) is 1.90. The number of rotatable bonds is 1. The molecule has 0 aliphatic carbocycles. The van der Waals surface area contributed by atoms with Crippen LogP contribution in [0.5, 0.6) is 0 Å². The van der Waals surface area contributed by atoms with Gasteiger partial charge in [-0.25, -0.2) is 0 Å². The summed E-state index contributed by atoms with van der Waals surface area (Å²) in [5.41, 5.74) is 8.03. The minimum atomic E-state index is 0.572. The van der Waals surface area contributed by atoms with E-state index < -0.39 is 0 Å². The molecule has 0 atom stereocenters. The second-order valence-corrected chi connectivity index (χ2v) is 3.89. The maximum Gasteiger partial charge on any atom is 0.0985 e. The molecule has 0 unspecified atom stereocenters. The van der Waals surface area contributed by atoms with E-state index in [1.54, 1.807) is 0 Å². The maximum absolute atomic E-state index is 8.82. The second-order valence-electron chi connectivity index (χ2n) is 3.45. The van der Waals surface area contributed by atoms with E-state index in [0.717, 1.165) is 5.69 Å². The molecule has 76 valence electrons. The van der Waals surface area contributed by atoms with Crippen LogP contribution in [-0.2, 0) is 0 Å². The Morgan fingerprint density at radius 2 is 2.20 bits per heavy atom. The van der Waals surface area contributed by atoms with E-state index >= 15 is 0 Å². The molecule has 4 heteroatoms. The van der Waals surface area contributed by atoms with Crippen LogP contribution in [0.25, 0.3) is 0 Å². The molecule has 2 N–H and O–H groups in total. The molecule has 3 nitrogen and oxygen atoms in total. The average molecular weight is 220 g/mol. The molecule has 0 fully saturated rings. The topological polar surface area (TPSA) is 53.1 Å². The fourth-order valence-electron chi connectivity index (χ4n) is 1.61. The number of halogens is 1. The van der Waals surface area contributed by atoms with Gasteiger partial charge in [-0.2, -0.15) is 5.26 Å². The van der Waals surface area contributed by atoms with E-state index in [4.69, 9.17) is 22.6 Å². The van der Waals surface area contributed by atoms with Crippen molar-refractivity contribution in [1.29, 1.82) is 5.26 Å². The van der Waals surface area contributed by atoms with Crippen LogP contribution in [0.3, 0.4) is 0 Å². The first kappa shape index (κ1) is 9.88. The molecule has 0 saturated heterocycles. The van der Waals surface area contributed by atoms with E-state index in [0.29, 0.717) is 29.4 Å². The van der Waals surface area contributed by atoms with Crippen LogP contribution in [-0.4, -0.2) is 13.1 Å². The molecule has 0 spiro atoms. The van der Waals surface area contributed by atoms with Gasteiger partial charge in [0.1, 0.15) is 0 Å². The predicted molar refractivity (Wildman–Crippen MR) is 60.5 cm³/mol. The van der Waals surface area contributed by atoms with Crippen LogP contribution < -0.4 is 10.6 Å². The summed E-state index contributed by atoms with van der Waals surface area (Å²) < 4.78 is 0. The zero-order valence-electron chi connectivity index (χ0n) is 8.07. The smallest absolute Gasteiger partial charge is 0.0985 e. The highest BCUT2D eigenvalue weighted by Gasteiger charge is 2.19. The van der Waals surface area contributed by atoms with Crippen LogP contribution in [0.4, 0.5) is 5.69 Å². The number of nitrogens with zero attached hydrogens (tertiary/aromatic N) is 2. The lowest BCUT2D eigenvalue weighted by Crippen LogP contribution is -2.21. The summed E-state index contributed by atoms with van der Waals surface area (Å²) in [6.45, 7) is 1.17. The number of nitriles is 1. The largest absolute Gasteiger partial charge is 0.400 e. The average Bonchev–Trinajstić information content (AvgIpc) is 2.60. The van der Waals surface area contributed by atoms with Crippen LogP contribution in [0.1, 0.15) is 0 Å². The van der Waals surface area contributed by atoms with Crippen molar-refractivity contribution in [1.82, 2.24) is 0 Å². The molecule has 1 aromatic carbocycles. The Balaban J connectivity index is 2.21. The third kappa shape index (κ3) is 1.90. The minimum absolute atomic E-state index is 0.572. The van der Waals surface area contributed by atoms with Crippen LogP contribution in [0.15, 0.2) is 35.5 Å². The molecule has 0 radical (unpaired) electrons. The van der Waals surface area contributed by atoms with Crippen molar-refractivity contribution >= 4 is 17.3 Å². The molecule has 0 aromatic heterocycles. The highest BCUT2D eigenvalue weighted by Crippen LogP contribution is 2.24. The summed E-state index contributed by atoms with van der Waals surface area (Å²) in [5, 5.41) is 9.51. The number of benzene rings is 1. The van der Waals surface area contributed by atoms with Gasteiger partial charge < -0.3 is 10.6 Å². The lowest BCUT2D eigenvalue weighted by atomic mass is 10.3. The Labute approximate surface area is 93.4 Å². The Bertz CT molecular complexity index is 459. The van der Waals surface area contributed by atoms with Crippen molar-refractivity contribution in [3.8, 4) is 6.07 Å². The van der Waals surface area contributed by atoms with Gasteiger partial charge in [-0.1, -0.05) is 17.7 Å². The van der Waals surface area contributed by atoms with Crippen molar-refractivity contribution in [2.24, 2.45) is 5.73 Å². The molecule has 0 bridgehead atoms. The summed E-state index contributed by atoms with van der Waals surface area (Å²) in [4.78, 5) is 2.03. The van der Waals surface area contributed by atoms with E-state index in [1.807, 2.05) is 29.2 Å². The summed E-state index contributed by atoms with van der Waals surface area (Å²) in [6.07, 6.45) is 0. The first-order chi connectivity index (χ1) is 7.20. The Hall–Kier alpha value is -1.66. The van der Waals surface area contributed by atoms with Crippen LogP contribution in [0.2, 0.25) is 5.02 Å². The Kier molecular flexibility index (Phi) is 2.53. The van der Waals surface area contributed by atoms with Gasteiger partial charge >= 0.3 is 0 Å². The summed E-state index contributed by atoms with van der Waals surface area (Å²) in [5.74, 6) is 0. The van der Waals surface area contributed by atoms with E-state index in [-0.39, 0.29) is 0 Å². The molecule has 2 rings (SSSR count). The molecule has 1 aliphatic rings. The molecule has 1 heterocycles. The van der Waals surface area contributed by atoms with Crippen molar-refractivity contribution < 1.29 is 0 Å². The molecule has 15 heavy (non-hydrogen) atoms. The van der Waals surface area contributed by atoms with Crippen molar-refractivity contribution in [3.63, 3.8) is 0 Å². The van der Waals surface area contributed by atoms with Crippen molar-refractivity contribution in [2.45, 2.75) is 0 Å². The number of hydrogen-bond donors (Lipinski definition) is 1.